The fourth-order valence-corrected chi connectivity index (χ4v) is 3.15. The third kappa shape index (κ3) is 4.88. The molecule has 0 aromatic carbocycles. The summed E-state index contributed by atoms with van der Waals surface area (Å²) in [6, 6.07) is 0.191. The van der Waals surface area contributed by atoms with Crippen LogP contribution in [-0.2, 0) is 4.79 Å². The molecule has 1 saturated carbocycles. The van der Waals surface area contributed by atoms with Crippen molar-refractivity contribution in [3.05, 3.63) is 0 Å². The Kier molecular flexibility index (Phi) is 5.99. The number of piperidine rings is 1. The van der Waals surface area contributed by atoms with Gasteiger partial charge in [-0.1, -0.05) is 0 Å². The van der Waals surface area contributed by atoms with E-state index in [-0.39, 0.29) is 37.2 Å². The van der Waals surface area contributed by atoms with Gasteiger partial charge in [-0.2, -0.15) is 0 Å². The second-order valence-electron chi connectivity index (χ2n) is 5.75. The molecule has 19 heavy (non-hydrogen) atoms. The molecule has 0 aromatic rings. The number of carbonyl (C=O) groups is 1. The number of aliphatic carboxylic acids is 1. The van der Waals surface area contributed by atoms with Crippen molar-refractivity contribution >= 4 is 18.4 Å². The minimum atomic E-state index is -2.47. The normalized spacial score (nSPS) is 31.5. The van der Waals surface area contributed by atoms with Crippen LogP contribution in [0.4, 0.5) is 8.78 Å². The second-order valence-corrected chi connectivity index (χ2v) is 5.75. The highest BCUT2D eigenvalue weighted by atomic mass is 35.5. The van der Waals surface area contributed by atoms with Gasteiger partial charge in [0.15, 0.2) is 0 Å². The van der Waals surface area contributed by atoms with Gasteiger partial charge in [0.1, 0.15) is 0 Å². The summed E-state index contributed by atoms with van der Waals surface area (Å²) in [7, 11) is 0. The average molecular weight is 298 g/mol. The molecule has 112 valence electrons. The van der Waals surface area contributed by atoms with E-state index < -0.39 is 11.9 Å². The molecule has 2 atom stereocenters. The molecule has 2 fully saturated rings. The van der Waals surface area contributed by atoms with Crippen molar-refractivity contribution in [2.45, 2.75) is 56.9 Å². The van der Waals surface area contributed by atoms with E-state index >= 15 is 0 Å². The Morgan fingerprint density at radius 1 is 1.26 bits per heavy atom. The lowest BCUT2D eigenvalue weighted by atomic mass is 9.80. The quantitative estimate of drug-likeness (QED) is 0.841. The van der Waals surface area contributed by atoms with E-state index in [9.17, 15) is 13.6 Å². The van der Waals surface area contributed by atoms with E-state index in [2.05, 4.69) is 5.32 Å². The van der Waals surface area contributed by atoms with E-state index in [1.165, 1.54) is 0 Å². The Balaban J connectivity index is 0.00000180. The zero-order chi connectivity index (χ0) is 13.2. The van der Waals surface area contributed by atoms with Crippen LogP contribution in [0, 0.1) is 11.8 Å². The standard InChI is InChI=1S/C13H21F2NO2.ClH/c14-13(15)4-1-9(2-5-13)7-11-8-10(12(17)18)3-6-16-11;/h9-11,16H,1-8H2,(H,17,18);1H. The minimum absolute atomic E-state index is 0. The van der Waals surface area contributed by atoms with Gasteiger partial charge in [0.05, 0.1) is 5.92 Å². The summed E-state index contributed by atoms with van der Waals surface area (Å²) in [5, 5.41) is 12.3. The maximum absolute atomic E-state index is 13.0. The summed E-state index contributed by atoms with van der Waals surface area (Å²) in [6.07, 6.45) is 3.29. The maximum atomic E-state index is 13.0. The number of carboxylic acid groups (broad SMARTS) is 1. The first kappa shape index (κ1) is 16.6. The molecule has 3 nitrogen and oxygen atoms in total. The lowest BCUT2D eigenvalue weighted by Gasteiger charge is -2.34. The molecule has 2 unspecified atom stereocenters. The summed E-state index contributed by atoms with van der Waals surface area (Å²) in [6.45, 7) is 0.727. The van der Waals surface area contributed by atoms with Crippen LogP contribution in [0.3, 0.4) is 0 Å². The lowest BCUT2D eigenvalue weighted by molar-refractivity contribution is -0.143. The number of rotatable bonds is 3. The van der Waals surface area contributed by atoms with Crippen molar-refractivity contribution in [1.82, 2.24) is 5.32 Å². The Labute approximate surface area is 118 Å². The van der Waals surface area contributed by atoms with Gasteiger partial charge >= 0.3 is 5.97 Å². The highest BCUT2D eigenvalue weighted by Gasteiger charge is 2.36. The highest BCUT2D eigenvalue weighted by Crippen LogP contribution is 2.38. The van der Waals surface area contributed by atoms with Crippen LogP contribution in [0.1, 0.15) is 44.9 Å². The first-order valence-corrected chi connectivity index (χ1v) is 6.80. The van der Waals surface area contributed by atoms with Crippen LogP contribution in [0.15, 0.2) is 0 Å². The van der Waals surface area contributed by atoms with Crippen molar-refractivity contribution in [2.24, 2.45) is 11.8 Å². The van der Waals surface area contributed by atoms with Gasteiger partial charge < -0.3 is 10.4 Å². The molecule has 2 aliphatic rings. The van der Waals surface area contributed by atoms with Crippen LogP contribution in [0.25, 0.3) is 0 Å². The van der Waals surface area contributed by atoms with E-state index in [1.807, 2.05) is 0 Å². The number of halogens is 3. The number of hydrogen-bond donors (Lipinski definition) is 2. The fourth-order valence-electron chi connectivity index (χ4n) is 3.15. The Bertz CT molecular complexity index is 305. The van der Waals surface area contributed by atoms with Crippen molar-refractivity contribution in [3.63, 3.8) is 0 Å². The van der Waals surface area contributed by atoms with Crippen LogP contribution in [0.5, 0.6) is 0 Å². The van der Waals surface area contributed by atoms with E-state index in [4.69, 9.17) is 5.11 Å². The molecule has 1 saturated heterocycles. The molecular weight excluding hydrogens is 276 g/mol. The highest BCUT2D eigenvalue weighted by molar-refractivity contribution is 5.85. The monoisotopic (exact) mass is 297 g/mol. The lowest BCUT2D eigenvalue weighted by Crippen LogP contribution is -2.42. The third-order valence-corrected chi connectivity index (χ3v) is 4.30. The van der Waals surface area contributed by atoms with Crippen LogP contribution < -0.4 is 5.32 Å². The SMILES string of the molecule is Cl.O=C(O)C1CCNC(CC2CCC(F)(F)CC2)C1. The summed E-state index contributed by atoms with van der Waals surface area (Å²) in [5.41, 5.74) is 0. The van der Waals surface area contributed by atoms with Gasteiger partial charge in [-0.25, -0.2) is 8.78 Å². The molecule has 0 bridgehead atoms. The van der Waals surface area contributed by atoms with Crippen molar-refractivity contribution in [1.29, 1.82) is 0 Å². The van der Waals surface area contributed by atoms with E-state index in [0.29, 0.717) is 31.6 Å². The molecule has 1 heterocycles. The van der Waals surface area contributed by atoms with Gasteiger partial charge in [0, 0.05) is 18.9 Å². The van der Waals surface area contributed by atoms with Crippen molar-refractivity contribution in [3.8, 4) is 0 Å². The van der Waals surface area contributed by atoms with Gasteiger partial charge in [0.2, 0.25) is 5.92 Å². The minimum Gasteiger partial charge on any atom is -0.481 e. The molecule has 1 aliphatic carbocycles. The summed E-state index contributed by atoms with van der Waals surface area (Å²) in [5.74, 6) is -3.13. The molecule has 0 radical (unpaired) electrons. The molecule has 1 aliphatic heterocycles. The summed E-state index contributed by atoms with van der Waals surface area (Å²) < 4.78 is 26.1. The van der Waals surface area contributed by atoms with Gasteiger partial charge in [-0.15, -0.1) is 12.4 Å². The molecule has 0 aromatic heterocycles. The van der Waals surface area contributed by atoms with Crippen LogP contribution in [-0.4, -0.2) is 29.6 Å². The fraction of sp³-hybridized carbons (Fsp3) is 0.923. The zero-order valence-electron chi connectivity index (χ0n) is 10.9. The average Bonchev–Trinajstić information content (AvgIpc) is 2.32. The van der Waals surface area contributed by atoms with Crippen molar-refractivity contribution < 1.29 is 18.7 Å². The molecule has 2 N–H and O–H groups in total. The van der Waals surface area contributed by atoms with E-state index in [0.717, 1.165) is 13.0 Å². The number of nitrogens with one attached hydrogen (secondary N) is 1. The first-order valence-electron chi connectivity index (χ1n) is 6.80. The molecule has 0 amide bonds. The number of carboxylic acids is 1. The second kappa shape index (κ2) is 6.84. The smallest absolute Gasteiger partial charge is 0.306 e. The Hall–Kier alpha value is -0.420. The van der Waals surface area contributed by atoms with Crippen LogP contribution in [0.2, 0.25) is 0 Å². The summed E-state index contributed by atoms with van der Waals surface area (Å²) in [4.78, 5) is 11.0. The van der Waals surface area contributed by atoms with Gasteiger partial charge in [-0.05, 0) is 44.6 Å². The van der Waals surface area contributed by atoms with Gasteiger partial charge in [-0.3, -0.25) is 4.79 Å². The zero-order valence-corrected chi connectivity index (χ0v) is 11.7. The van der Waals surface area contributed by atoms with Crippen molar-refractivity contribution in [2.75, 3.05) is 6.54 Å². The Morgan fingerprint density at radius 3 is 2.47 bits per heavy atom. The largest absolute Gasteiger partial charge is 0.481 e. The summed E-state index contributed by atoms with van der Waals surface area (Å²) >= 11 is 0. The first-order chi connectivity index (χ1) is 8.46. The molecular formula is C13H22ClF2NO2. The molecule has 0 spiro atoms. The molecule has 2 rings (SSSR count). The number of hydrogen-bond acceptors (Lipinski definition) is 2. The van der Waals surface area contributed by atoms with Crippen LogP contribution >= 0.6 is 12.4 Å². The third-order valence-electron chi connectivity index (χ3n) is 4.30. The maximum Gasteiger partial charge on any atom is 0.306 e. The predicted octanol–water partition coefficient (Wildman–Crippen LogP) is 3.08. The van der Waals surface area contributed by atoms with Gasteiger partial charge in [0.25, 0.3) is 0 Å². The van der Waals surface area contributed by atoms with E-state index in [1.54, 1.807) is 0 Å². The Morgan fingerprint density at radius 2 is 1.89 bits per heavy atom. The predicted molar refractivity (Wildman–Crippen MR) is 70.9 cm³/mol. The molecule has 6 heteroatoms. The topological polar surface area (TPSA) is 49.3 Å². The number of alkyl halides is 2.